The third-order valence-corrected chi connectivity index (χ3v) is 1.74. The molecule has 0 heterocycles. The minimum absolute atomic E-state index is 0.0407. The van der Waals surface area contributed by atoms with Crippen LogP contribution in [0, 0.1) is 0 Å². The number of carbonyl (C=O) groups is 1. The molecule has 0 spiro atoms. The zero-order valence-corrected chi connectivity index (χ0v) is 7.98. The lowest BCUT2D eigenvalue weighted by atomic mass is 10.0. The Bertz CT molecular complexity index is 146. The van der Waals surface area contributed by atoms with Crippen LogP contribution in [0.25, 0.3) is 0 Å². The number of hydrogen-bond donors (Lipinski definition) is 3. The molecular formula is C8H18N2O2. The third kappa shape index (κ3) is 5.09. The number of rotatable bonds is 5. The maximum atomic E-state index is 10.8. The summed E-state index contributed by atoms with van der Waals surface area (Å²) in [7, 11) is 1.60. The molecule has 0 aromatic carbocycles. The second kappa shape index (κ2) is 5.11. The van der Waals surface area contributed by atoms with Crippen LogP contribution < -0.4 is 10.6 Å². The van der Waals surface area contributed by atoms with Crippen molar-refractivity contribution in [2.75, 3.05) is 20.2 Å². The predicted molar refractivity (Wildman–Crippen MR) is 47.9 cm³/mol. The van der Waals surface area contributed by atoms with Crippen molar-refractivity contribution < 1.29 is 9.90 Å². The first-order chi connectivity index (χ1) is 5.52. The van der Waals surface area contributed by atoms with Gasteiger partial charge in [0, 0.05) is 19.2 Å². The van der Waals surface area contributed by atoms with Crippen LogP contribution in [0.3, 0.4) is 0 Å². The smallest absolute Gasteiger partial charge is 0.233 e. The topological polar surface area (TPSA) is 61.4 Å². The first-order valence-electron chi connectivity index (χ1n) is 4.08. The molecule has 1 amide bonds. The van der Waals surface area contributed by atoms with Crippen molar-refractivity contribution in [2.45, 2.75) is 25.8 Å². The summed E-state index contributed by atoms with van der Waals surface area (Å²) in [5.41, 5.74) is -0.179. The summed E-state index contributed by atoms with van der Waals surface area (Å²) in [5, 5.41) is 14.2. The predicted octanol–water partition coefficient (Wildman–Crippen LogP) is -0.517. The van der Waals surface area contributed by atoms with Crippen molar-refractivity contribution in [2.24, 2.45) is 0 Å². The normalized spacial score (nSPS) is 11.3. The number of likely N-dealkylation sites (N-methyl/N-ethyl adjacent to an activating group) is 1. The highest BCUT2D eigenvalue weighted by molar-refractivity contribution is 5.77. The first kappa shape index (κ1) is 11.4. The molecule has 0 aliphatic rings. The van der Waals surface area contributed by atoms with Gasteiger partial charge < -0.3 is 15.7 Å². The summed E-state index contributed by atoms with van der Waals surface area (Å²) < 4.78 is 0. The van der Waals surface area contributed by atoms with E-state index in [0.717, 1.165) is 0 Å². The Morgan fingerprint density at radius 2 is 2.08 bits per heavy atom. The summed E-state index contributed by atoms with van der Waals surface area (Å²) >= 11 is 0. The number of amides is 1. The summed E-state index contributed by atoms with van der Waals surface area (Å²) in [5.74, 6) is -0.0407. The van der Waals surface area contributed by atoms with Crippen molar-refractivity contribution in [1.29, 1.82) is 0 Å². The van der Waals surface area contributed by atoms with Crippen LogP contribution in [0.15, 0.2) is 0 Å². The zero-order chi connectivity index (χ0) is 9.61. The molecule has 0 aliphatic carbocycles. The minimum atomic E-state index is -0.179. The van der Waals surface area contributed by atoms with E-state index in [1.165, 1.54) is 0 Å². The molecule has 72 valence electrons. The molecule has 0 atom stereocenters. The molecule has 0 aromatic heterocycles. The summed E-state index contributed by atoms with van der Waals surface area (Å²) in [6.45, 7) is 4.33. The van der Waals surface area contributed by atoms with Crippen LogP contribution in [0.5, 0.6) is 0 Å². The Morgan fingerprint density at radius 3 is 2.50 bits per heavy atom. The van der Waals surface area contributed by atoms with Crippen molar-refractivity contribution in [3.63, 3.8) is 0 Å². The Hall–Kier alpha value is -0.610. The molecule has 0 rings (SSSR count). The van der Waals surface area contributed by atoms with Gasteiger partial charge >= 0.3 is 0 Å². The minimum Gasteiger partial charge on any atom is -0.396 e. The second-order valence-electron chi connectivity index (χ2n) is 3.38. The molecule has 0 saturated carbocycles. The first-order valence-corrected chi connectivity index (χ1v) is 4.08. The SMILES string of the molecule is CNC(=O)CNC(C)(C)CCO. The van der Waals surface area contributed by atoms with Crippen molar-refractivity contribution in [1.82, 2.24) is 10.6 Å². The number of aliphatic hydroxyl groups excluding tert-OH is 1. The van der Waals surface area contributed by atoms with E-state index in [1.807, 2.05) is 13.8 Å². The molecule has 0 unspecified atom stereocenters. The van der Waals surface area contributed by atoms with E-state index in [9.17, 15) is 4.79 Å². The molecule has 0 bridgehead atoms. The molecule has 0 radical (unpaired) electrons. The largest absolute Gasteiger partial charge is 0.396 e. The van der Waals surface area contributed by atoms with Gasteiger partial charge in [0.25, 0.3) is 0 Å². The van der Waals surface area contributed by atoms with Gasteiger partial charge in [0.1, 0.15) is 0 Å². The Labute approximate surface area is 73.3 Å². The maximum absolute atomic E-state index is 10.8. The van der Waals surface area contributed by atoms with Crippen LogP contribution in [0.4, 0.5) is 0 Å². The highest BCUT2D eigenvalue weighted by atomic mass is 16.3. The van der Waals surface area contributed by atoms with Crippen molar-refractivity contribution in [3.05, 3.63) is 0 Å². The monoisotopic (exact) mass is 174 g/mol. The molecule has 4 heteroatoms. The van der Waals surface area contributed by atoms with Crippen molar-refractivity contribution >= 4 is 5.91 Å². The van der Waals surface area contributed by atoms with Crippen LogP contribution in [-0.4, -0.2) is 36.8 Å². The van der Waals surface area contributed by atoms with Gasteiger partial charge in [0.2, 0.25) is 5.91 Å². The van der Waals surface area contributed by atoms with Crippen LogP contribution >= 0.6 is 0 Å². The lowest BCUT2D eigenvalue weighted by Gasteiger charge is -2.24. The second-order valence-corrected chi connectivity index (χ2v) is 3.38. The van der Waals surface area contributed by atoms with Gasteiger partial charge in [-0.05, 0) is 20.3 Å². The maximum Gasteiger partial charge on any atom is 0.233 e. The van der Waals surface area contributed by atoms with E-state index >= 15 is 0 Å². The van der Waals surface area contributed by atoms with Crippen LogP contribution in [-0.2, 0) is 4.79 Å². The Morgan fingerprint density at radius 1 is 1.50 bits per heavy atom. The molecule has 12 heavy (non-hydrogen) atoms. The number of carbonyl (C=O) groups excluding carboxylic acids is 1. The Kier molecular flexibility index (Phi) is 4.85. The molecule has 0 aromatic rings. The average molecular weight is 174 g/mol. The number of hydrogen-bond acceptors (Lipinski definition) is 3. The van der Waals surface area contributed by atoms with Gasteiger partial charge in [0.15, 0.2) is 0 Å². The van der Waals surface area contributed by atoms with E-state index in [2.05, 4.69) is 10.6 Å². The fraction of sp³-hybridized carbons (Fsp3) is 0.875. The molecule has 0 aliphatic heterocycles. The lowest BCUT2D eigenvalue weighted by molar-refractivity contribution is -0.120. The standard InChI is InChI=1S/C8H18N2O2/c1-8(2,4-5-11)10-6-7(12)9-3/h10-11H,4-6H2,1-3H3,(H,9,12). The van der Waals surface area contributed by atoms with E-state index in [-0.39, 0.29) is 18.1 Å². The lowest BCUT2D eigenvalue weighted by Crippen LogP contribution is -2.45. The van der Waals surface area contributed by atoms with E-state index in [4.69, 9.17) is 5.11 Å². The summed E-state index contributed by atoms with van der Waals surface area (Å²) in [4.78, 5) is 10.8. The molecular weight excluding hydrogens is 156 g/mol. The van der Waals surface area contributed by atoms with Crippen LogP contribution in [0.2, 0.25) is 0 Å². The average Bonchev–Trinajstić information content (AvgIpc) is 2.00. The number of aliphatic hydroxyl groups is 1. The van der Waals surface area contributed by atoms with Gasteiger partial charge in [-0.3, -0.25) is 4.79 Å². The van der Waals surface area contributed by atoms with Gasteiger partial charge in [-0.1, -0.05) is 0 Å². The summed E-state index contributed by atoms with van der Waals surface area (Å²) in [6, 6.07) is 0. The van der Waals surface area contributed by atoms with Crippen LogP contribution in [0.1, 0.15) is 20.3 Å². The highest BCUT2D eigenvalue weighted by Crippen LogP contribution is 2.05. The van der Waals surface area contributed by atoms with Gasteiger partial charge in [-0.2, -0.15) is 0 Å². The summed E-state index contributed by atoms with van der Waals surface area (Å²) in [6.07, 6.45) is 0.643. The van der Waals surface area contributed by atoms with E-state index in [1.54, 1.807) is 7.05 Å². The fourth-order valence-corrected chi connectivity index (χ4v) is 0.776. The molecule has 3 N–H and O–H groups in total. The molecule has 0 saturated heterocycles. The van der Waals surface area contributed by atoms with Gasteiger partial charge in [-0.25, -0.2) is 0 Å². The van der Waals surface area contributed by atoms with Gasteiger partial charge in [0.05, 0.1) is 6.54 Å². The number of nitrogens with one attached hydrogen (secondary N) is 2. The quantitative estimate of drug-likeness (QED) is 0.526. The molecule has 0 fully saturated rings. The van der Waals surface area contributed by atoms with E-state index < -0.39 is 0 Å². The highest BCUT2D eigenvalue weighted by Gasteiger charge is 2.16. The zero-order valence-electron chi connectivity index (χ0n) is 7.98. The Balaban J connectivity index is 3.67. The molecule has 4 nitrogen and oxygen atoms in total. The van der Waals surface area contributed by atoms with Crippen molar-refractivity contribution in [3.8, 4) is 0 Å². The fourth-order valence-electron chi connectivity index (χ4n) is 0.776. The third-order valence-electron chi connectivity index (χ3n) is 1.74. The van der Waals surface area contributed by atoms with E-state index in [0.29, 0.717) is 13.0 Å². The van der Waals surface area contributed by atoms with Gasteiger partial charge in [-0.15, -0.1) is 0 Å².